The second-order valence-corrected chi connectivity index (χ2v) is 4.45. The van der Waals surface area contributed by atoms with Crippen molar-refractivity contribution in [3.8, 4) is 5.75 Å². The van der Waals surface area contributed by atoms with Gasteiger partial charge in [-0.15, -0.1) is 0 Å². The largest absolute Gasteiger partial charge is 0.484 e. The van der Waals surface area contributed by atoms with Crippen LogP contribution in [0.5, 0.6) is 5.75 Å². The van der Waals surface area contributed by atoms with Crippen LogP contribution in [0.1, 0.15) is 12.6 Å². The molecule has 0 fully saturated rings. The minimum atomic E-state index is -0.365. The lowest BCUT2D eigenvalue weighted by Gasteiger charge is -2.09. The highest BCUT2D eigenvalue weighted by Crippen LogP contribution is 2.23. The maximum Gasteiger partial charge on any atom is 0.165 e. The number of aryl methyl sites for hydroxylation is 1. The average Bonchev–Trinajstić information content (AvgIpc) is 2.77. The van der Waals surface area contributed by atoms with E-state index in [9.17, 15) is 4.39 Å². The van der Waals surface area contributed by atoms with Gasteiger partial charge < -0.3 is 9.30 Å². The maximum absolute atomic E-state index is 13.4. The second kappa shape index (κ2) is 5.31. The number of rotatable bonds is 4. The van der Waals surface area contributed by atoms with Gasteiger partial charge in [-0.3, -0.25) is 0 Å². The third-order valence-corrected chi connectivity index (χ3v) is 2.90. The lowest BCUT2D eigenvalue weighted by atomic mass is 10.3. The number of nitrogens with zero attached hydrogens (tertiary/aromatic N) is 2. The summed E-state index contributed by atoms with van der Waals surface area (Å²) in [5.41, 5.74) is 0.923. The highest BCUT2D eigenvalue weighted by atomic mass is 79.9. The van der Waals surface area contributed by atoms with E-state index in [4.69, 9.17) is 4.74 Å². The molecule has 3 nitrogen and oxygen atoms in total. The first kappa shape index (κ1) is 12.1. The van der Waals surface area contributed by atoms with Crippen molar-refractivity contribution in [2.75, 3.05) is 0 Å². The first-order chi connectivity index (χ1) is 8.20. The topological polar surface area (TPSA) is 27.1 Å². The summed E-state index contributed by atoms with van der Waals surface area (Å²) in [5.74, 6) is -0.126. The van der Waals surface area contributed by atoms with E-state index in [2.05, 4.69) is 20.9 Å². The van der Waals surface area contributed by atoms with E-state index in [-0.39, 0.29) is 11.6 Å². The number of benzene rings is 1. The Bertz CT molecular complexity index is 513. The van der Waals surface area contributed by atoms with Gasteiger partial charge in [0.1, 0.15) is 6.61 Å². The standard InChI is InChI=1S/C12H12BrFN2O/c1-2-16-8-15-6-10(16)7-17-12-5-9(13)3-4-11(12)14/h3-6,8H,2,7H2,1H3. The van der Waals surface area contributed by atoms with Gasteiger partial charge in [0.2, 0.25) is 0 Å². The number of imidazole rings is 1. The van der Waals surface area contributed by atoms with Gasteiger partial charge in [0, 0.05) is 11.0 Å². The normalized spacial score (nSPS) is 10.5. The molecule has 0 saturated heterocycles. The predicted molar refractivity (Wildman–Crippen MR) is 66.3 cm³/mol. The molecule has 1 aromatic heterocycles. The van der Waals surface area contributed by atoms with Crippen LogP contribution in [0.15, 0.2) is 35.2 Å². The van der Waals surface area contributed by atoms with E-state index in [0.717, 1.165) is 16.7 Å². The van der Waals surface area contributed by atoms with E-state index >= 15 is 0 Å². The van der Waals surface area contributed by atoms with Crippen molar-refractivity contribution in [3.63, 3.8) is 0 Å². The highest BCUT2D eigenvalue weighted by molar-refractivity contribution is 9.10. The molecule has 1 aromatic carbocycles. The minimum Gasteiger partial charge on any atom is -0.484 e. The quantitative estimate of drug-likeness (QED) is 0.865. The van der Waals surface area contributed by atoms with Crippen LogP contribution in [0.25, 0.3) is 0 Å². The molecule has 2 aromatic rings. The summed E-state index contributed by atoms with van der Waals surface area (Å²) in [6.45, 7) is 3.14. The average molecular weight is 299 g/mol. The maximum atomic E-state index is 13.4. The lowest BCUT2D eigenvalue weighted by Crippen LogP contribution is -2.04. The van der Waals surface area contributed by atoms with Crippen LogP contribution < -0.4 is 4.74 Å². The molecule has 90 valence electrons. The lowest BCUT2D eigenvalue weighted by molar-refractivity contribution is 0.280. The van der Waals surface area contributed by atoms with Gasteiger partial charge in [-0.25, -0.2) is 9.37 Å². The summed E-state index contributed by atoms with van der Waals surface area (Å²) in [4.78, 5) is 4.03. The Morgan fingerprint density at radius 3 is 3.06 bits per heavy atom. The number of ether oxygens (including phenoxy) is 1. The van der Waals surface area contributed by atoms with Gasteiger partial charge in [-0.1, -0.05) is 15.9 Å². The van der Waals surface area contributed by atoms with E-state index in [1.54, 1.807) is 24.7 Å². The summed E-state index contributed by atoms with van der Waals surface area (Å²) >= 11 is 3.28. The molecule has 0 spiro atoms. The fraction of sp³-hybridized carbons (Fsp3) is 0.250. The molecule has 0 bridgehead atoms. The van der Waals surface area contributed by atoms with Crippen molar-refractivity contribution >= 4 is 15.9 Å². The van der Waals surface area contributed by atoms with E-state index < -0.39 is 0 Å². The van der Waals surface area contributed by atoms with Gasteiger partial charge in [0.25, 0.3) is 0 Å². The molecule has 0 aliphatic heterocycles. The molecule has 1 heterocycles. The molecule has 0 aliphatic carbocycles. The number of hydrogen-bond donors (Lipinski definition) is 0. The molecule has 5 heteroatoms. The van der Waals surface area contributed by atoms with Crippen molar-refractivity contribution < 1.29 is 9.13 Å². The highest BCUT2D eigenvalue weighted by Gasteiger charge is 2.06. The number of halogens is 2. The first-order valence-corrected chi connectivity index (χ1v) is 6.07. The summed E-state index contributed by atoms with van der Waals surface area (Å²) in [6, 6.07) is 4.62. The zero-order chi connectivity index (χ0) is 12.3. The SMILES string of the molecule is CCn1cncc1COc1cc(Br)ccc1F. The predicted octanol–water partition coefficient (Wildman–Crippen LogP) is 3.38. The van der Waals surface area contributed by atoms with Crippen molar-refractivity contribution in [3.05, 3.63) is 46.7 Å². The van der Waals surface area contributed by atoms with E-state index in [1.165, 1.54) is 6.07 Å². The Labute approximate surface area is 107 Å². The minimum absolute atomic E-state index is 0.239. The molecule has 0 unspecified atom stereocenters. The van der Waals surface area contributed by atoms with Crippen LogP contribution in [0, 0.1) is 5.82 Å². The molecular weight excluding hydrogens is 287 g/mol. The number of hydrogen-bond acceptors (Lipinski definition) is 2. The van der Waals surface area contributed by atoms with Crippen LogP contribution in [-0.2, 0) is 13.2 Å². The van der Waals surface area contributed by atoms with Gasteiger partial charge >= 0.3 is 0 Å². The third kappa shape index (κ3) is 2.85. The van der Waals surface area contributed by atoms with Gasteiger partial charge in [0.05, 0.1) is 18.2 Å². The number of aromatic nitrogens is 2. The summed E-state index contributed by atoms with van der Waals surface area (Å²) < 4.78 is 21.6. The summed E-state index contributed by atoms with van der Waals surface area (Å²) in [5, 5.41) is 0. The van der Waals surface area contributed by atoms with Crippen molar-refractivity contribution in [2.45, 2.75) is 20.1 Å². The molecule has 0 N–H and O–H groups in total. The molecular formula is C12H12BrFN2O. The summed E-state index contributed by atoms with van der Waals surface area (Å²) in [6.07, 6.45) is 3.45. The monoisotopic (exact) mass is 298 g/mol. The van der Waals surface area contributed by atoms with E-state index in [1.807, 2.05) is 11.5 Å². The Kier molecular flexibility index (Phi) is 3.78. The fourth-order valence-electron chi connectivity index (χ4n) is 1.49. The smallest absolute Gasteiger partial charge is 0.165 e. The van der Waals surface area contributed by atoms with Crippen LogP contribution in [0.4, 0.5) is 4.39 Å². The van der Waals surface area contributed by atoms with Crippen LogP contribution in [0.3, 0.4) is 0 Å². The Morgan fingerprint density at radius 2 is 2.29 bits per heavy atom. The van der Waals surface area contributed by atoms with Gasteiger partial charge in [-0.05, 0) is 25.1 Å². The van der Waals surface area contributed by atoms with Crippen LogP contribution >= 0.6 is 15.9 Å². The van der Waals surface area contributed by atoms with Crippen LogP contribution in [0.2, 0.25) is 0 Å². The molecule has 2 rings (SSSR count). The zero-order valence-electron chi connectivity index (χ0n) is 9.36. The van der Waals surface area contributed by atoms with Gasteiger partial charge in [0.15, 0.2) is 11.6 Å². The summed E-state index contributed by atoms with van der Waals surface area (Å²) in [7, 11) is 0. The molecule has 0 radical (unpaired) electrons. The first-order valence-electron chi connectivity index (χ1n) is 5.27. The molecule has 0 saturated carbocycles. The molecule has 0 atom stereocenters. The zero-order valence-corrected chi connectivity index (χ0v) is 10.9. The van der Waals surface area contributed by atoms with Gasteiger partial charge in [-0.2, -0.15) is 0 Å². The fourth-order valence-corrected chi connectivity index (χ4v) is 1.83. The second-order valence-electron chi connectivity index (χ2n) is 3.53. The molecule has 17 heavy (non-hydrogen) atoms. The van der Waals surface area contributed by atoms with Crippen molar-refractivity contribution in [2.24, 2.45) is 0 Å². The Hall–Kier alpha value is -1.36. The Balaban J connectivity index is 2.09. The third-order valence-electron chi connectivity index (χ3n) is 2.41. The van der Waals surface area contributed by atoms with Crippen molar-refractivity contribution in [1.82, 2.24) is 9.55 Å². The van der Waals surface area contributed by atoms with E-state index in [0.29, 0.717) is 6.61 Å². The van der Waals surface area contributed by atoms with Crippen molar-refractivity contribution in [1.29, 1.82) is 0 Å². The van der Waals surface area contributed by atoms with Crippen LogP contribution in [-0.4, -0.2) is 9.55 Å². The molecule has 0 amide bonds. The molecule has 0 aliphatic rings. The Morgan fingerprint density at radius 1 is 1.47 bits per heavy atom.